The molecule has 1 heterocycles. The fraction of sp³-hybridized carbons (Fsp3) is 0.667. The van der Waals surface area contributed by atoms with E-state index in [2.05, 4.69) is 0 Å². The molecule has 3 heteroatoms. The van der Waals surface area contributed by atoms with Crippen molar-refractivity contribution in [2.24, 2.45) is 5.92 Å². The molecule has 2 fully saturated rings. The maximum atomic E-state index is 13.7. The lowest BCUT2D eigenvalue weighted by Crippen LogP contribution is -2.42. The van der Waals surface area contributed by atoms with E-state index in [1.807, 2.05) is 6.07 Å². The van der Waals surface area contributed by atoms with E-state index < -0.39 is 6.10 Å². The Morgan fingerprint density at radius 3 is 2.76 bits per heavy atom. The largest absolute Gasteiger partial charge is 0.388 e. The van der Waals surface area contributed by atoms with Gasteiger partial charge < -0.3 is 9.84 Å². The molecular formula is C18H25FO2. The molecule has 2 aliphatic rings. The number of hydrogen-bond donors (Lipinski definition) is 1. The summed E-state index contributed by atoms with van der Waals surface area (Å²) in [5.74, 6) is -0.0510. The van der Waals surface area contributed by atoms with Crippen LogP contribution in [0.3, 0.4) is 0 Å². The van der Waals surface area contributed by atoms with Gasteiger partial charge in [-0.2, -0.15) is 0 Å². The third kappa shape index (κ3) is 3.14. The van der Waals surface area contributed by atoms with Crippen LogP contribution in [0.15, 0.2) is 18.2 Å². The molecule has 0 bridgehead atoms. The van der Waals surface area contributed by atoms with E-state index in [1.165, 1.54) is 25.3 Å². The molecule has 3 rings (SSSR count). The summed E-state index contributed by atoms with van der Waals surface area (Å²) in [5.41, 5.74) is 1.31. The molecule has 1 saturated heterocycles. The standard InChI is InChI=1S/C18H25FO2/c1-13-5-6-14(11-16(13)19)17(20)15-7-10-21-18(12-15)8-3-2-4-9-18/h5-6,11,15,17,20H,2-4,7-10,12H2,1H3. The monoisotopic (exact) mass is 292 g/mol. The zero-order valence-electron chi connectivity index (χ0n) is 12.8. The van der Waals surface area contributed by atoms with Crippen molar-refractivity contribution in [3.8, 4) is 0 Å². The minimum absolute atomic E-state index is 0.0224. The number of halogens is 1. The molecule has 1 N–H and O–H groups in total. The van der Waals surface area contributed by atoms with Crippen LogP contribution in [0.4, 0.5) is 4.39 Å². The Morgan fingerprint density at radius 1 is 1.29 bits per heavy atom. The average Bonchev–Trinajstić information content (AvgIpc) is 2.50. The van der Waals surface area contributed by atoms with Crippen LogP contribution >= 0.6 is 0 Å². The van der Waals surface area contributed by atoms with E-state index in [-0.39, 0.29) is 17.3 Å². The summed E-state index contributed by atoms with van der Waals surface area (Å²) >= 11 is 0. The van der Waals surface area contributed by atoms with Gasteiger partial charge in [-0.3, -0.25) is 0 Å². The first-order valence-electron chi connectivity index (χ1n) is 8.18. The average molecular weight is 292 g/mol. The summed E-state index contributed by atoms with van der Waals surface area (Å²) in [6.45, 7) is 2.47. The smallest absolute Gasteiger partial charge is 0.126 e. The van der Waals surface area contributed by atoms with Crippen molar-refractivity contribution in [2.75, 3.05) is 6.61 Å². The Morgan fingerprint density at radius 2 is 2.05 bits per heavy atom. The van der Waals surface area contributed by atoms with Gasteiger partial charge in [0.2, 0.25) is 0 Å². The zero-order valence-corrected chi connectivity index (χ0v) is 12.8. The van der Waals surface area contributed by atoms with Crippen molar-refractivity contribution < 1.29 is 14.2 Å². The van der Waals surface area contributed by atoms with Gasteiger partial charge in [-0.25, -0.2) is 4.39 Å². The van der Waals surface area contributed by atoms with Crippen LogP contribution in [-0.4, -0.2) is 17.3 Å². The SMILES string of the molecule is Cc1ccc(C(O)C2CCOC3(CCCCC3)C2)cc1F. The van der Waals surface area contributed by atoms with Gasteiger partial charge in [-0.1, -0.05) is 31.4 Å². The molecular weight excluding hydrogens is 267 g/mol. The van der Waals surface area contributed by atoms with E-state index in [9.17, 15) is 9.50 Å². The number of hydrogen-bond acceptors (Lipinski definition) is 2. The van der Waals surface area contributed by atoms with E-state index in [0.29, 0.717) is 11.1 Å². The summed E-state index contributed by atoms with van der Waals surface area (Å²) in [4.78, 5) is 0. The minimum atomic E-state index is -0.581. The van der Waals surface area contributed by atoms with Gasteiger partial charge in [0.25, 0.3) is 0 Å². The molecule has 1 aliphatic heterocycles. The molecule has 1 aromatic carbocycles. The Hall–Kier alpha value is -0.930. The highest BCUT2D eigenvalue weighted by atomic mass is 19.1. The summed E-state index contributed by atoms with van der Waals surface area (Å²) in [6.07, 6.45) is 7.15. The van der Waals surface area contributed by atoms with E-state index in [1.54, 1.807) is 13.0 Å². The first-order chi connectivity index (χ1) is 10.1. The topological polar surface area (TPSA) is 29.5 Å². The van der Waals surface area contributed by atoms with Crippen molar-refractivity contribution >= 4 is 0 Å². The van der Waals surface area contributed by atoms with Crippen LogP contribution in [0, 0.1) is 18.7 Å². The molecule has 0 aromatic heterocycles. The number of aliphatic hydroxyl groups is 1. The van der Waals surface area contributed by atoms with Crippen LogP contribution in [0.25, 0.3) is 0 Å². The summed E-state index contributed by atoms with van der Waals surface area (Å²) in [7, 11) is 0. The number of ether oxygens (including phenoxy) is 1. The van der Waals surface area contributed by atoms with Crippen LogP contribution < -0.4 is 0 Å². The second kappa shape index (κ2) is 6.05. The molecule has 116 valence electrons. The predicted molar refractivity (Wildman–Crippen MR) is 80.6 cm³/mol. The molecule has 2 unspecified atom stereocenters. The van der Waals surface area contributed by atoms with Crippen LogP contribution in [0.1, 0.15) is 62.2 Å². The maximum Gasteiger partial charge on any atom is 0.126 e. The highest BCUT2D eigenvalue weighted by molar-refractivity contribution is 5.25. The Labute approximate surface area is 126 Å². The quantitative estimate of drug-likeness (QED) is 0.880. The molecule has 0 radical (unpaired) electrons. The highest BCUT2D eigenvalue weighted by Crippen LogP contribution is 2.44. The zero-order chi connectivity index (χ0) is 14.9. The summed E-state index contributed by atoms with van der Waals surface area (Å²) in [6, 6.07) is 5.10. The fourth-order valence-corrected chi connectivity index (χ4v) is 3.94. The van der Waals surface area contributed by atoms with Gasteiger partial charge in [0.15, 0.2) is 0 Å². The summed E-state index contributed by atoms with van der Waals surface area (Å²) < 4.78 is 19.8. The molecule has 1 spiro atoms. The molecule has 21 heavy (non-hydrogen) atoms. The Kier molecular flexibility index (Phi) is 4.32. The normalized spacial score (nSPS) is 26.7. The van der Waals surface area contributed by atoms with Crippen molar-refractivity contribution in [1.82, 2.24) is 0 Å². The van der Waals surface area contributed by atoms with Crippen molar-refractivity contribution in [2.45, 2.75) is 63.6 Å². The first kappa shape index (κ1) is 15.0. The first-order valence-corrected chi connectivity index (χ1v) is 8.18. The molecule has 2 nitrogen and oxygen atoms in total. The van der Waals surface area contributed by atoms with Crippen LogP contribution in [0.2, 0.25) is 0 Å². The van der Waals surface area contributed by atoms with Gasteiger partial charge in [0, 0.05) is 6.61 Å². The number of benzene rings is 1. The minimum Gasteiger partial charge on any atom is -0.388 e. The third-order valence-corrected chi connectivity index (χ3v) is 5.28. The molecule has 2 atom stereocenters. The highest BCUT2D eigenvalue weighted by Gasteiger charge is 2.40. The predicted octanol–water partition coefficient (Wildman–Crippen LogP) is 4.30. The van der Waals surface area contributed by atoms with E-state index >= 15 is 0 Å². The molecule has 0 amide bonds. The number of aryl methyl sites for hydroxylation is 1. The van der Waals surface area contributed by atoms with Gasteiger partial charge >= 0.3 is 0 Å². The van der Waals surface area contributed by atoms with Crippen molar-refractivity contribution in [1.29, 1.82) is 0 Å². The van der Waals surface area contributed by atoms with Crippen LogP contribution in [0.5, 0.6) is 0 Å². The van der Waals surface area contributed by atoms with Crippen LogP contribution in [-0.2, 0) is 4.74 Å². The molecule has 1 aliphatic carbocycles. The van der Waals surface area contributed by atoms with Gasteiger partial charge in [-0.15, -0.1) is 0 Å². The van der Waals surface area contributed by atoms with Gasteiger partial charge in [0.1, 0.15) is 5.82 Å². The Balaban J connectivity index is 1.74. The second-order valence-corrected chi connectivity index (χ2v) is 6.80. The number of rotatable bonds is 2. The van der Waals surface area contributed by atoms with E-state index in [4.69, 9.17) is 4.74 Å². The Bertz CT molecular complexity index is 488. The lowest BCUT2D eigenvalue weighted by Gasteiger charge is -2.44. The number of aliphatic hydroxyl groups excluding tert-OH is 1. The molecule has 1 saturated carbocycles. The fourth-order valence-electron chi connectivity index (χ4n) is 3.94. The lowest BCUT2D eigenvalue weighted by molar-refractivity contribution is -0.134. The van der Waals surface area contributed by atoms with Crippen molar-refractivity contribution in [3.63, 3.8) is 0 Å². The summed E-state index contributed by atoms with van der Waals surface area (Å²) in [5, 5.41) is 10.7. The van der Waals surface area contributed by atoms with E-state index in [0.717, 1.165) is 32.3 Å². The maximum absolute atomic E-state index is 13.7. The second-order valence-electron chi connectivity index (χ2n) is 6.80. The molecule has 1 aromatic rings. The third-order valence-electron chi connectivity index (χ3n) is 5.28. The lowest BCUT2D eigenvalue weighted by atomic mass is 9.74. The van der Waals surface area contributed by atoms with Gasteiger partial charge in [-0.05, 0) is 55.7 Å². The van der Waals surface area contributed by atoms with Crippen molar-refractivity contribution in [3.05, 3.63) is 35.1 Å². The van der Waals surface area contributed by atoms with Gasteiger partial charge in [0.05, 0.1) is 11.7 Å².